The monoisotopic (exact) mass is 346 g/mol. The summed E-state index contributed by atoms with van der Waals surface area (Å²) in [6.07, 6.45) is 0. The van der Waals surface area contributed by atoms with Gasteiger partial charge in [-0.05, 0) is 57.7 Å². The van der Waals surface area contributed by atoms with Gasteiger partial charge in [0.05, 0.1) is 25.3 Å². The van der Waals surface area contributed by atoms with E-state index in [1.54, 1.807) is 24.3 Å². The molecular weight excluding hydrogens is 328 g/mol. The molecule has 0 saturated heterocycles. The third kappa shape index (κ3) is 2.86. The van der Waals surface area contributed by atoms with E-state index in [4.69, 9.17) is 9.47 Å². The van der Waals surface area contributed by atoms with Crippen molar-refractivity contribution >= 4 is 23.1 Å². The highest BCUT2D eigenvalue weighted by molar-refractivity contribution is 6.17. The van der Waals surface area contributed by atoms with Crippen LogP contribution in [0.1, 0.15) is 31.8 Å². The Morgan fingerprint density at radius 3 is 1.23 bits per heavy atom. The van der Waals surface area contributed by atoms with Gasteiger partial charge in [-0.2, -0.15) is 0 Å². The molecular formula is C22H18O4. The van der Waals surface area contributed by atoms with Crippen LogP contribution in [0.5, 0.6) is 0 Å². The summed E-state index contributed by atoms with van der Waals surface area (Å²) in [6.45, 7) is 8.17. The van der Waals surface area contributed by atoms with E-state index in [1.165, 1.54) is 14.2 Å². The minimum atomic E-state index is -0.374. The first kappa shape index (κ1) is 17.4. The summed E-state index contributed by atoms with van der Waals surface area (Å²) in [5.74, 6) is -0.748. The number of methoxy groups -OCH3 is 2. The third-order valence-electron chi connectivity index (χ3n) is 4.41. The fraction of sp³-hybridized carbons (Fsp3) is 0.0909. The molecule has 0 amide bonds. The lowest BCUT2D eigenvalue weighted by Crippen LogP contribution is -2.10. The summed E-state index contributed by atoms with van der Waals surface area (Å²) >= 11 is 0. The highest BCUT2D eigenvalue weighted by Crippen LogP contribution is 2.49. The fourth-order valence-corrected chi connectivity index (χ4v) is 2.96. The van der Waals surface area contributed by atoms with E-state index in [0.717, 1.165) is 33.4 Å². The molecule has 0 aromatic heterocycles. The Hall–Kier alpha value is -3.40. The molecule has 0 radical (unpaired) electrons. The Morgan fingerprint density at radius 2 is 0.962 bits per heavy atom. The van der Waals surface area contributed by atoms with Crippen molar-refractivity contribution in [3.8, 4) is 0 Å². The quantitative estimate of drug-likeness (QED) is 0.775. The zero-order valence-corrected chi connectivity index (χ0v) is 14.7. The molecule has 0 heterocycles. The number of ether oxygens (including phenoxy) is 2. The maximum Gasteiger partial charge on any atom is 0.337 e. The molecule has 0 fully saturated rings. The second kappa shape index (κ2) is 6.84. The van der Waals surface area contributed by atoms with Crippen molar-refractivity contribution in [2.45, 2.75) is 0 Å². The molecule has 0 aliphatic heterocycles. The zero-order chi connectivity index (χ0) is 18.8. The van der Waals surface area contributed by atoms with Gasteiger partial charge in [0.15, 0.2) is 0 Å². The first-order chi connectivity index (χ1) is 12.5. The predicted molar refractivity (Wildman–Crippen MR) is 101 cm³/mol. The molecule has 0 N–H and O–H groups in total. The van der Waals surface area contributed by atoms with Crippen LogP contribution in [0.15, 0.2) is 72.8 Å². The summed E-state index contributed by atoms with van der Waals surface area (Å²) in [4.78, 5) is 23.2. The van der Waals surface area contributed by atoms with Crippen molar-refractivity contribution in [3.05, 3.63) is 95.1 Å². The molecule has 2 aromatic carbocycles. The zero-order valence-electron chi connectivity index (χ0n) is 14.7. The lowest BCUT2D eigenvalue weighted by atomic mass is 9.73. The van der Waals surface area contributed by atoms with E-state index in [0.29, 0.717) is 11.1 Å². The first-order valence-corrected chi connectivity index (χ1v) is 7.98. The normalized spacial score (nSPS) is 13.3. The van der Waals surface area contributed by atoms with Gasteiger partial charge in [-0.25, -0.2) is 9.59 Å². The van der Waals surface area contributed by atoms with E-state index < -0.39 is 0 Å². The van der Waals surface area contributed by atoms with Crippen molar-refractivity contribution < 1.29 is 19.1 Å². The Kier molecular flexibility index (Phi) is 4.59. The predicted octanol–water partition coefficient (Wildman–Crippen LogP) is 4.30. The van der Waals surface area contributed by atoms with Gasteiger partial charge in [0.1, 0.15) is 0 Å². The summed E-state index contributed by atoms with van der Waals surface area (Å²) in [5.41, 5.74) is 6.57. The van der Waals surface area contributed by atoms with E-state index in [9.17, 15) is 9.59 Å². The van der Waals surface area contributed by atoms with Crippen LogP contribution in [0.3, 0.4) is 0 Å². The highest BCUT2D eigenvalue weighted by Gasteiger charge is 2.28. The molecule has 4 heteroatoms. The highest BCUT2D eigenvalue weighted by atomic mass is 16.5. The largest absolute Gasteiger partial charge is 0.465 e. The van der Waals surface area contributed by atoms with E-state index >= 15 is 0 Å². The standard InChI is InChI=1S/C22H18O4/c1-13-14(2)20(16-7-11-18(12-8-16)22(24)26-4)19(13)15-5-9-17(10-6-15)21(23)25-3/h5-12H,1-2H2,3-4H3. The number of carbonyl (C=O) groups is 2. The smallest absolute Gasteiger partial charge is 0.337 e. The minimum Gasteiger partial charge on any atom is -0.465 e. The van der Waals surface area contributed by atoms with Gasteiger partial charge in [0.2, 0.25) is 0 Å². The Labute approximate surface area is 152 Å². The minimum absolute atomic E-state index is 0.374. The second-order valence-corrected chi connectivity index (χ2v) is 5.84. The number of rotatable bonds is 4. The molecule has 1 aliphatic carbocycles. The Balaban J connectivity index is 2.00. The molecule has 130 valence electrons. The lowest BCUT2D eigenvalue weighted by Gasteiger charge is -2.30. The molecule has 0 atom stereocenters. The summed E-state index contributed by atoms with van der Waals surface area (Å²) in [7, 11) is 2.71. The Bertz CT molecular complexity index is 865. The molecule has 26 heavy (non-hydrogen) atoms. The topological polar surface area (TPSA) is 52.6 Å². The summed E-state index contributed by atoms with van der Waals surface area (Å²) in [5, 5.41) is 0. The maximum absolute atomic E-state index is 11.6. The Morgan fingerprint density at radius 1 is 0.654 bits per heavy atom. The number of esters is 2. The summed E-state index contributed by atoms with van der Waals surface area (Å²) < 4.78 is 9.45. The second-order valence-electron chi connectivity index (χ2n) is 5.84. The molecule has 1 aliphatic rings. The number of hydrogen-bond acceptors (Lipinski definition) is 4. The maximum atomic E-state index is 11.6. The van der Waals surface area contributed by atoms with Crippen molar-refractivity contribution in [1.29, 1.82) is 0 Å². The molecule has 0 bridgehead atoms. The van der Waals surface area contributed by atoms with Crippen molar-refractivity contribution in [2.75, 3.05) is 14.2 Å². The first-order valence-electron chi connectivity index (χ1n) is 7.98. The molecule has 0 spiro atoms. The molecule has 2 aromatic rings. The molecule has 0 saturated carbocycles. The van der Waals surface area contributed by atoms with Gasteiger partial charge >= 0.3 is 11.9 Å². The van der Waals surface area contributed by atoms with Crippen LogP contribution in [0, 0.1) is 0 Å². The van der Waals surface area contributed by atoms with Gasteiger partial charge in [-0.3, -0.25) is 0 Å². The van der Waals surface area contributed by atoms with Gasteiger partial charge in [0.25, 0.3) is 0 Å². The van der Waals surface area contributed by atoms with Gasteiger partial charge in [0, 0.05) is 0 Å². The number of benzene rings is 2. The van der Waals surface area contributed by atoms with Crippen LogP contribution in [0.25, 0.3) is 11.1 Å². The average Bonchev–Trinajstić information content (AvgIpc) is 2.70. The van der Waals surface area contributed by atoms with Gasteiger partial charge in [-0.1, -0.05) is 37.4 Å². The van der Waals surface area contributed by atoms with Crippen LogP contribution < -0.4 is 0 Å². The average molecular weight is 346 g/mol. The van der Waals surface area contributed by atoms with Crippen LogP contribution in [0.4, 0.5) is 0 Å². The fourth-order valence-electron chi connectivity index (χ4n) is 2.96. The van der Waals surface area contributed by atoms with E-state index in [2.05, 4.69) is 13.2 Å². The SMILES string of the molecule is C=C1C(=C)C(c2ccc(C(=O)OC)cc2)=C1c1ccc(C(=O)OC)cc1. The van der Waals surface area contributed by atoms with Crippen molar-refractivity contribution in [1.82, 2.24) is 0 Å². The van der Waals surface area contributed by atoms with E-state index in [1.807, 2.05) is 24.3 Å². The summed E-state index contributed by atoms with van der Waals surface area (Å²) in [6, 6.07) is 14.3. The van der Waals surface area contributed by atoms with Crippen LogP contribution in [-0.2, 0) is 9.47 Å². The number of allylic oxidation sites excluding steroid dienone is 4. The van der Waals surface area contributed by atoms with Crippen LogP contribution in [-0.4, -0.2) is 26.2 Å². The van der Waals surface area contributed by atoms with Crippen LogP contribution >= 0.6 is 0 Å². The molecule has 3 rings (SSSR count). The number of hydrogen-bond donors (Lipinski definition) is 0. The van der Waals surface area contributed by atoms with Crippen molar-refractivity contribution in [3.63, 3.8) is 0 Å². The van der Waals surface area contributed by atoms with E-state index in [-0.39, 0.29) is 11.9 Å². The molecule has 0 unspecified atom stereocenters. The number of carbonyl (C=O) groups excluding carboxylic acids is 2. The van der Waals surface area contributed by atoms with Gasteiger partial charge in [-0.15, -0.1) is 0 Å². The van der Waals surface area contributed by atoms with Gasteiger partial charge < -0.3 is 9.47 Å². The third-order valence-corrected chi connectivity index (χ3v) is 4.41. The van der Waals surface area contributed by atoms with Crippen molar-refractivity contribution in [2.24, 2.45) is 0 Å². The lowest BCUT2D eigenvalue weighted by molar-refractivity contribution is 0.0592. The molecule has 4 nitrogen and oxygen atoms in total. The van der Waals surface area contributed by atoms with Crippen LogP contribution in [0.2, 0.25) is 0 Å².